The minimum absolute atomic E-state index is 0.111. The highest BCUT2D eigenvalue weighted by Gasteiger charge is 2.29. The molecule has 16 heavy (non-hydrogen) atoms. The van der Waals surface area contributed by atoms with Crippen molar-refractivity contribution in [1.82, 2.24) is 0 Å². The molecule has 1 heterocycles. The van der Waals surface area contributed by atoms with E-state index >= 15 is 0 Å². The zero-order chi connectivity index (χ0) is 11.5. The van der Waals surface area contributed by atoms with Crippen molar-refractivity contribution in [3.05, 3.63) is 29.8 Å². The number of nitrogens with zero attached hydrogens (tertiary/aromatic N) is 1. The molecule has 1 fully saturated rings. The fourth-order valence-corrected chi connectivity index (χ4v) is 2.04. The summed E-state index contributed by atoms with van der Waals surface area (Å²) in [6, 6.07) is 8.85. The Labute approximate surface area is 101 Å². The monoisotopic (exact) mass is 241 g/mol. The summed E-state index contributed by atoms with van der Waals surface area (Å²) in [5.74, 6) is 0.645. The molecule has 1 saturated heterocycles. The van der Waals surface area contributed by atoms with Crippen LogP contribution in [-0.4, -0.2) is 32.6 Å². The number of alkyl halides is 1. The van der Waals surface area contributed by atoms with E-state index in [2.05, 4.69) is 34.5 Å². The van der Waals surface area contributed by atoms with Gasteiger partial charge in [0.25, 0.3) is 0 Å². The third kappa shape index (κ3) is 2.48. The first-order valence-electron chi connectivity index (χ1n) is 5.50. The zero-order valence-corrected chi connectivity index (χ0v) is 10.4. The van der Waals surface area contributed by atoms with Gasteiger partial charge >= 0.3 is 0 Å². The number of rotatable bonds is 3. The fraction of sp³-hybridized carbons (Fsp3) is 0.500. The van der Waals surface area contributed by atoms with Crippen molar-refractivity contribution in [3.63, 3.8) is 0 Å². The molecule has 1 aromatic carbocycles. The van der Waals surface area contributed by atoms with Gasteiger partial charge in [-0.3, -0.25) is 0 Å². The molecule has 1 aliphatic rings. The summed E-state index contributed by atoms with van der Waals surface area (Å²) in [4.78, 5) is 2.09. The van der Waals surface area contributed by atoms with Gasteiger partial charge in [0.1, 0.15) is 12.6 Å². The average molecular weight is 242 g/mol. The van der Waals surface area contributed by atoms with Crippen LogP contribution in [0, 0.1) is 0 Å². The van der Waals surface area contributed by atoms with Gasteiger partial charge in [0.05, 0.1) is 5.88 Å². The number of halogens is 1. The van der Waals surface area contributed by atoms with Gasteiger partial charge in [-0.15, -0.1) is 11.6 Å². The number of nitrogens with two attached hydrogens (primary N) is 1. The molecule has 0 radical (unpaired) electrons. The molecule has 88 valence electrons. The summed E-state index contributed by atoms with van der Waals surface area (Å²) < 4.78 is 5.69. The van der Waals surface area contributed by atoms with E-state index in [-0.39, 0.29) is 6.23 Å². The molecular formula is C12H18ClN2O+. The maximum atomic E-state index is 5.81. The highest BCUT2D eigenvalue weighted by Crippen LogP contribution is 2.18. The van der Waals surface area contributed by atoms with Gasteiger partial charge in [0, 0.05) is 25.3 Å². The maximum Gasteiger partial charge on any atom is 0.217 e. The quantitative estimate of drug-likeness (QED) is 0.799. The van der Waals surface area contributed by atoms with Crippen molar-refractivity contribution in [2.24, 2.45) is 0 Å². The third-order valence-electron chi connectivity index (χ3n) is 2.87. The molecule has 2 rings (SSSR count). The van der Waals surface area contributed by atoms with Gasteiger partial charge < -0.3 is 15.0 Å². The molecule has 4 heteroatoms. The first kappa shape index (κ1) is 11.7. The number of anilines is 1. The Balaban J connectivity index is 2.05. The van der Waals surface area contributed by atoms with Crippen molar-refractivity contribution < 1.29 is 10.1 Å². The lowest BCUT2D eigenvalue weighted by Crippen LogP contribution is -2.88. The van der Waals surface area contributed by atoms with Crippen LogP contribution in [-0.2, 0) is 4.74 Å². The Hall–Kier alpha value is -0.770. The summed E-state index contributed by atoms with van der Waals surface area (Å²) in [6.45, 7) is 0.740. The van der Waals surface area contributed by atoms with Crippen LogP contribution in [0.5, 0.6) is 0 Å². The molecule has 2 atom stereocenters. The van der Waals surface area contributed by atoms with Crippen LogP contribution < -0.4 is 10.2 Å². The smallest absolute Gasteiger partial charge is 0.217 e. The molecule has 3 nitrogen and oxygen atoms in total. The molecule has 0 amide bonds. The Morgan fingerprint density at radius 1 is 1.38 bits per heavy atom. The van der Waals surface area contributed by atoms with Crippen molar-refractivity contribution in [1.29, 1.82) is 0 Å². The van der Waals surface area contributed by atoms with Crippen LogP contribution in [0.25, 0.3) is 0 Å². The van der Waals surface area contributed by atoms with E-state index in [1.54, 1.807) is 0 Å². The van der Waals surface area contributed by atoms with Crippen LogP contribution in [0.1, 0.15) is 11.8 Å². The molecule has 2 N–H and O–H groups in total. The Morgan fingerprint density at radius 2 is 2.06 bits per heavy atom. The molecule has 0 aliphatic carbocycles. The summed E-state index contributed by atoms with van der Waals surface area (Å²) >= 11 is 5.81. The van der Waals surface area contributed by atoms with Gasteiger partial charge in [-0.1, -0.05) is 0 Å². The standard InChI is InChI=1S/C12H17ClN2O/c1-15(2)11-5-3-9(4-6-11)12-14-10(7-13)8-16-12/h3-6,10,12,14H,7-8H2,1-2H3/p+1/t10-,12+/m0/s1. The lowest BCUT2D eigenvalue weighted by molar-refractivity contribution is -0.721. The molecule has 0 spiro atoms. The van der Waals surface area contributed by atoms with E-state index in [9.17, 15) is 0 Å². The van der Waals surface area contributed by atoms with E-state index in [0.717, 1.165) is 6.61 Å². The van der Waals surface area contributed by atoms with E-state index < -0.39 is 0 Å². The van der Waals surface area contributed by atoms with E-state index in [1.165, 1.54) is 11.3 Å². The van der Waals surface area contributed by atoms with E-state index in [4.69, 9.17) is 16.3 Å². The van der Waals surface area contributed by atoms with Gasteiger partial charge in [-0.2, -0.15) is 0 Å². The van der Waals surface area contributed by atoms with Crippen LogP contribution in [0.4, 0.5) is 5.69 Å². The topological polar surface area (TPSA) is 29.1 Å². The minimum atomic E-state index is 0.111. The lowest BCUT2D eigenvalue weighted by Gasteiger charge is -2.14. The number of quaternary nitrogens is 1. The fourth-order valence-electron chi connectivity index (χ4n) is 1.85. The predicted molar refractivity (Wildman–Crippen MR) is 65.9 cm³/mol. The van der Waals surface area contributed by atoms with Crippen LogP contribution in [0.2, 0.25) is 0 Å². The summed E-state index contributed by atoms with van der Waals surface area (Å²) in [7, 11) is 4.08. The van der Waals surface area contributed by atoms with Gasteiger partial charge in [0.15, 0.2) is 0 Å². The zero-order valence-electron chi connectivity index (χ0n) is 9.69. The minimum Gasteiger partial charge on any atom is -0.378 e. The first-order chi connectivity index (χ1) is 7.70. The van der Waals surface area contributed by atoms with E-state index in [0.29, 0.717) is 11.9 Å². The highest BCUT2D eigenvalue weighted by atomic mass is 35.5. The Morgan fingerprint density at radius 3 is 2.56 bits per heavy atom. The largest absolute Gasteiger partial charge is 0.378 e. The highest BCUT2D eigenvalue weighted by molar-refractivity contribution is 6.18. The molecule has 1 aromatic rings. The lowest BCUT2D eigenvalue weighted by atomic mass is 10.1. The summed E-state index contributed by atoms with van der Waals surface area (Å²) in [5, 5.41) is 2.19. The molecule has 1 aliphatic heterocycles. The number of ether oxygens (including phenoxy) is 1. The van der Waals surface area contributed by atoms with Gasteiger partial charge in [-0.05, 0) is 24.3 Å². The molecule has 0 saturated carbocycles. The maximum absolute atomic E-state index is 5.81. The summed E-state index contributed by atoms with van der Waals surface area (Å²) in [5.41, 5.74) is 2.41. The van der Waals surface area contributed by atoms with Crippen LogP contribution >= 0.6 is 11.6 Å². The first-order valence-corrected chi connectivity index (χ1v) is 6.04. The number of hydrogen-bond donors (Lipinski definition) is 1. The SMILES string of the molecule is CN(C)c1ccc([C@@H]2[NH2+][C@@H](CCl)CO2)cc1. The second kappa shape index (κ2) is 5.04. The average Bonchev–Trinajstić information content (AvgIpc) is 2.77. The Kier molecular flexibility index (Phi) is 3.69. The van der Waals surface area contributed by atoms with Crippen LogP contribution in [0.15, 0.2) is 24.3 Å². The number of benzene rings is 1. The second-order valence-electron chi connectivity index (χ2n) is 4.35. The van der Waals surface area contributed by atoms with Gasteiger partial charge in [0.2, 0.25) is 6.23 Å². The van der Waals surface area contributed by atoms with Crippen molar-refractivity contribution in [3.8, 4) is 0 Å². The second-order valence-corrected chi connectivity index (χ2v) is 4.66. The third-order valence-corrected chi connectivity index (χ3v) is 3.27. The summed E-state index contributed by atoms with van der Waals surface area (Å²) in [6.07, 6.45) is 0.111. The molecular weight excluding hydrogens is 224 g/mol. The molecule has 0 bridgehead atoms. The van der Waals surface area contributed by atoms with Crippen LogP contribution in [0.3, 0.4) is 0 Å². The van der Waals surface area contributed by atoms with Crippen molar-refractivity contribution in [2.75, 3.05) is 31.5 Å². The molecule has 0 unspecified atom stereocenters. The predicted octanol–water partition coefficient (Wildman–Crippen LogP) is 0.952. The normalized spacial score (nSPS) is 24.7. The molecule has 0 aromatic heterocycles. The van der Waals surface area contributed by atoms with Gasteiger partial charge in [-0.25, -0.2) is 0 Å². The van der Waals surface area contributed by atoms with Crippen molar-refractivity contribution in [2.45, 2.75) is 12.3 Å². The van der Waals surface area contributed by atoms with E-state index in [1.807, 2.05) is 14.1 Å². The number of hydrogen-bond acceptors (Lipinski definition) is 2. The van der Waals surface area contributed by atoms with Crippen molar-refractivity contribution >= 4 is 17.3 Å². The Bertz CT molecular complexity index is 339.